The lowest BCUT2D eigenvalue weighted by atomic mass is 9.78. The fourth-order valence-electron chi connectivity index (χ4n) is 3.48. The molecule has 1 heterocycles. The van der Waals surface area contributed by atoms with Crippen LogP contribution in [0.3, 0.4) is 0 Å². The highest BCUT2D eigenvalue weighted by atomic mass is 35.5. The number of thioether (sulfide) groups is 1. The van der Waals surface area contributed by atoms with Gasteiger partial charge in [-0.05, 0) is 29.8 Å². The number of esters is 1. The van der Waals surface area contributed by atoms with E-state index < -0.39 is 29.6 Å². The van der Waals surface area contributed by atoms with Gasteiger partial charge < -0.3 is 20.1 Å². The van der Waals surface area contributed by atoms with Gasteiger partial charge in [-0.3, -0.25) is 14.4 Å². The summed E-state index contributed by atoms with van der Waals surface area (Å²) in [5.74, 6) is -3.89. The molecule has 2 atom stereocenters. The first-order chi connectivity index (χ1) is 16.3. The molecular weight excluding hydrogens is 501 g/mol. The number of carbonyl (C=O) groups excluding carboxylic acids is 3. The van der Waals surface area contributed by atoms with Crippen LogP contribution in [0.4, 0.5) is 5.69 Å². The van der Waals surface area contributed by atoms with Crippen LogP contribution in [0.25, 0.3) is 0 Å². The number of hydrogen-bond donors (Lipinski definition) is 2. The first-order valence-electron chi connectivity index (χ1n) is 9.84. The van der Waals surface area contributed by atoms with E-state index in [4.69, 9.17) is 32.7 Å². The summed E-state index contributed by atoms with van der Waals surface area (Å²) >= 11 is 13.3. The summed E-state index contributed by atoms with van der Waals surface area (Å²) in [4.78, 5) is 37.9. The molecule has 0 saturated heterocycles. The number of methoxy groups -OCH3 is 2. The van der Waals surface area contributed by atoms with Gasteiger partial charge in [0.05, 0.1) is 42.3 Å². The van der Waals surface area contributed by atoms with Crippen LogP contribution in [-0.4, -0.2) is 37.8 Å². The van der Waals surface area contributed by atoms with E-state index in [2.05, 4.69) is 16.7 Å². The molecule has 0 aliphatic carbocycles. The summed E-state index contributed by atoms with van der Waals surface area (Å²) in [6.45, 7) is 0. The van der Waals surface area contributed by atoms with Gasteiger partial charge in [-0.25, -0.2) is 0 Å². The summed E-state index contributed by atoms with van der Waals surface area (Å²) in [6.07, 6.45) is 0. The lowest BCUT2D eigenvalue weighted by Crippen LogP contribution is -2.44. The zero-order valence-corrected chi connectivity index (χ0v) is 20.4. The monoisotopic (exact) mass is 519 g/mol. The largest absolute Gasteiger partial charge is 0.495 e. The molecule has 2 amide bonds. The van der Waals surface area contributed by atoms with Crippen LogP contribution in [0.1, 0.15) is 11.5 Å². The van der Waals surface area contributed by atoms with Gasteiger partial charge in [-0.1, -0.05) is 53.2 Å². The van der Waals surface area contributed by atoms with E-state index in [-0.39, 0.29) is 16.4 Å². The molecule has 0 radical (unpaired) electrons. The highest BCUT2D eigenvalue weighted by molar-refractivity contribution is 8.03. The molecule has 176 valence electrons. The van der Waals surface area contributed by atoms with Crippen LogP contribution < -0.4 is 15.4 Å². The van der Waals surface area contributed by atoms with Crippen LogP contribution in [0, 0.1) is 17.2 Å². The van der Waals surface area contributed by atoms with Crippen molar-refractivity contribution >= 4 is 58.4 Å². The van der Waals surface area contributed by atoms with Gasteiger partial charge in [0.2, 0.25) is 11.8 Å². The Hall–Kier alpha value is -3.19. The van der Waals surface area contributed by atoms with Crippen molar-refractivity contribution in [3.05, 3.63) is 68.7 Å². The normalized spacial score (nSPS) is 17.4. The number of rotatable bonds is 7. The van der Waals surface area contributed by atoms with Crippen molar-refractivity contribution < 1.29 is 23.9 Å². The Morgan fingerprint density at radius 2 is 1.94 bits per heavy atom. The summed E-state index contributed by atoms with van der Waals surface area (Å²) in [5.41, 5.74) is 0.904. The second kappa shape index (κ2) is 11.3. The second-order valence-corrected chi connectivity index (χ2v) is 8.85. The van der Waals surface area contributed by atoms with E-state index in [1.54, 1.807) is 42.5 Å². The fraction of sp³-hybridized carbons (Fsp3) is 0.217. The van der Waals surface area contributed by atoms with E-state index in [0.29, 0.717) is 27.0 Å². The number of carbonyl (C=O) groups is 3. The Bertz CT molecular complexity index is 1210. The fourth-order valence-corrected chi connectivity index (χ4v) is 4.76. The number of benzene rings is 2. The zero-order valence-electron chi connectivity index (χ0n) is 18.1. The van der Waals surface area contributed by atoms with E-state index >= 15 is 0 Å². The Labute approximate surface area is 210 Å². The van der Waals surface area contributed by atoms with E-state index in [1.165, 1.54) is 7.11 Å². The summed E-state index contributed by atoms with van der Waals surface area (Å²) in [7, 11) is 2.62. The molecule has 3 rings (SSSR count). The quantitative estimate of drug-likeness (QED) is 0.417. The molecule has 0 saturated carbocycles. The number of amides is 2. The first kappa shape index (κ1) is 25.4. The molecule has 8 nitrogen and oxygen atoms in total. The number of hydrogen-bond acceptors (Lipinski definition) is 7. The second-order valence-electron chi connectivity index (χ2n) is 7.03. The van der Waals surface area contributed by atoms with E-state index in [0.717, 1.165) is 18.9 Å². The molecule has 1 aliphatic heterocycles. The standard InChI is InChI=1S/C23H19Cl2N3O5S/c1-32-17-8-7-12(24)9-16(17)27-18(29)11-34-22-14(10-26)19(13-5-3-4-6-15(13)25)20(21(30)28-22)23(31)33-2/h3-9,19-20H,11H2,1-2H3,(H,27,29)(H,28,30). The molecule has 0 aromatic heterocycles. The summed E-state index contributed by atoms with van der Waals surface area (Å²) in [6, 6.07) is 13.5. The minimum absolute atomic E-state index is 0.0984. The maximum atomic E-state index is 12.9. The topological polar surface area (TPSA) is 118 Å². The summed E-state index contributed by atoms with van der Waals surface area (Å²) in [5, 5.41) is 16.1. The van der Waals surface area contributed by atoms with Gasteiger partial charge in [0.1, 0.15) is 11.7 Å². The number of ether oxygens (including phenoxy) is 2. The molecule has 2 N–H and O–H groups in total. The van der Waals surface area contributed by atoms with Crippen LogP contribution in [-0.2, 0) is 19.1 Å². The van der Waals surface area contributed by atoms with Crippen molar-refractivity contribution in [1.29, 1.82) is 5.26 Å². The first-order valence-corrected chi connectivity index (χ1v) is 11.6. The SMILES string of the molecule is COC(=O)C1C(=O)NC(SCC(=O)Nc2cc(Cl)ccc2OC)=C(C#N)C1c1ccccc1Cl. The Balaban J connectivity index is 1.91. The van der Waals surface area contributed by atoms with Crippen molar-refractivity contribution in [1.82, 2.24) is 5.32 Å². The third-order valence-corrected chi connectivity index (χ3v) is 6.60. The molecule has 0 fully saturated rings. The van der Waals surface area contributed by atoms with Crippen LogP contribution in [0.2, 0.25) is 10.0 Å². The van der Waals surface area contributed by atoms with Crippen molar-refractivity contribution in [2.45, 2.75) is 5.92 Å². The molecule has 1 aliphatic rings. The Kier molecular flexibility index (Phi) is 8.45. The molecule has 11 heteroatoms. The maximum Gasteiger partial charge on any atom is 0.319 e. The molecule has 0 spiro atoms. The van der Waals surface area contributed by atoms with Crippen LogP contribution in [0.5, 0.6) is 5.75 Å². The van der Waals surface area contributed by atoms with E-state index in [1.807, 2.05) is 0 Å². The molecule has 2 aromatic carbocycles. The number of nitrogens with one attached hydrogen (secondary N) is 2. The third kappa shape index (κ3) is 5.47. The average molecular weight is 520 g/mol. The number of halogens is 2. The zero-order chi connectivity index (χ0) is 24.8. The average Bonchev–Trinajstić information content (AvgIpc) is 2.82. The third-order valence-electron chi connectivity index (χ3n) is 5.01. The van der Waals surface area contributed by atoms with Crippen LogP contribution in [0.15, 0.2) is 53.1 Å². The number of allylic oxidation sites excluding steroid dienone is 1. The predicted octanol–water partition coefficient (Wildman–Crippen LogP) is 4.11. The Morgan fingerprint density at radius 1 is 1.21 bits per heavy atom. The van der Waals surface area contributed by atoms with Crippen molar-refractivity contribution in [2.75, 3.05) is 25.3 Å². The van der Waals surface area contributed by atoms with Crippen molar-refractivity contribution in [2.24, 2.45) is 5.92 Å². The summed E-state index contributed by atoms with van der Waals surface area (Å²) < 4.78 is 10.0. The number of anilines is 1. The molecule has 0 bridgehead atoms. The minimum Gasteiger partial charge on any atom is -0.495 e. The van der Waals surface area contributed by atoms with Gasteiger partial charge in [0, 0.05) is 16.0 Å². The molecular formula is C23H19Cl2N3O5S. The maximum absolute atomic E-state index is 12.9. The smallest absolute Gasteiger partial charge is 0.319 e. The lowest BCUT2D eigenvalue weighted by Gasteiger charge is -2.31. The van der Waals surface area contributed by atoms with E-state index in [9.17, 15) is 19.6 Å². The highest BCUT2D eigenvalue weighted by Crippen LogP contribution is 2.42. The van der Waals surface area contributed by atoms with Gasteiger partial charge in [-0.2, -0.15) is 5.26 Å². The van der Waals surface area contributed by atoms with Crippen molar-refractivity contribution in [3.8, 4) is 11.8 Å². The molecule has 2 aromatic rings. The van der Waals surface area contributed by atoms with Gasteiger partial charge in [-0.15, -0.1) is 0 Å². The van der Waals surface area contributed by atoms with Gasteiger partial charge in [0.25, 0.3) is 0 Å². The van der Waals surface area contributed by atoms with Crippen LogP contribution >= 0.6 is 35.0 Å². The molecule has 34 heavy (non-hydrogen) atoms. The van der Waals surface area contributed by atoms with Crippen molar-refractivity contribution in [3.63, 3.8) is 0 Å². The van der Waals surface area contributed by atoms with Gasteiger partial charge in [0.15, 0.2) is 0 Å². The highest BCUT2D eigenvalue weighted by Gasteiger charge is 2.45. The Morgan fingerprint density at radius 3 is 2.59 bits per heavy atom. The lowest BCUT2D eigenvalue weighted by molar-refractivity contribution is -0.150. The van der Waals surface area contributed by atoms with Gasteiger partial charge >= 0.3 is 5.97 Å². The molecule has 2 unspecified atom stereocenters. The number of nitriles is 1. The predicted molar refractivity (Wildman–Crippen MR) is 130 cm³/mol. The number of nitrogens with zero attached hydrogens (tertiary/aromatic N) is 1. The minimum atomic E-state index is -1.31.